The van der Waals surface area contributed by atoms with E-state index in [4.69, 9.17) is 16.0 Å². The van der Waals surface area contributed by atoms with Gasteiger partial charge in [-0.2, -0.15) is 0 Å². The van der Waals surface area contributed by atoms with Crippen molar-refractivity contribution in [3.8, 4) is 0 Å². The first kappa shape index (κ1) is 18.2. The average molecular weight is 397 g/mol. The van der Waals surface area contributed by atoms with Gasteiger partial charge in [0.25, 0.3) is 5.91 Å². The second kappa shape index (κ2) is 7.44. The van der Waals surface area contributed by atoms with Gasteiger partial charge in [0.2, 0.25) is 11.8 Å². The number of benzene rings is 2. The number of amides is 2. The smallest absolute Gasteiger partial charge is 0.322 e. The van der Waals surface area contributed by atoms with Crippen LogP contribution in [-0.2, 0) is 4.79 Å². The summed E-state index contributed by atoms with van der Waals surface area (Å²) in [4.78, 5) is 26.4. The molecule has 7 nitrogen and oxygen atoms in total. The molecule has 2 amide bonds. The van der Waals surface area contributed by atoms with Crippen LogP contribution in [0, 0.1) is 6.92 Å². The minimum atomic E-state index is -0.321. The highest BCUT2D eigenvalue weighted by molar-refractivity contribution is 6.30. The van der Waals surface area contributed by atoms with E-state index in [2.05, 4.69) is 15.5 Å². The molecule has 3 aromatic rings. The maximum atomic E-state index is 12.4. The van der Waals surface area contributed by atoms with E-state index in [1.807, 2.05) is 19.1 Å². The summed E-state index contributed by atoms with van der Waals surface area (Å²) in [6.07, 6.45) is 0.260. The topological polar surface area (TPSA) is 88.3 Å². The summed E-state index contributed by atoms with van der Waals surface area (Å²) in [5, 5.41) is 11.1. The normalized spacial score (nSPS) is 16.4. The SMILES string of the molecule is Cc1ccccc1C(=O)Nc1nnc(C2CC(=O)N(c3ccc(Cl)cc3)C2)o1. The maximum Gasteiger partial charge on any atom is 0.322 e. The molecule has 1 aliphatic rings. The molecule has 142 valence electrons. The van der Waals surface area contributed by atoms with Crippen LogP contribution in [-0.4, -0.2) is 28.6 Å². The fourth-order valence-corrected chi connectivity index (χ4v) is 3.31. The molecular weight excluding hydrogens is 380 g/mol. The van der Waals surface area contributed by atoms with Crippen LogP contribution in [0.5, 0.6) is 0 Å². The Morgan fingerprint density at radius 1 is 1.18 bits per heavy atom. The third-order valence-corrected chi connectivity index (χ3v) is 4.92. The maximum absolute atomic E-state index is 12.4. The van der Waals surface area contributed by atoms with Crippen LogP contribution < -0.4 is 10.2 Å². The Morgan fingerprint density at radius 2 is 1.93 bits per heavy atom. The largest absolute Gasteiger partial charge is 0.407 e. The van der Waals surface area contributed by atoms with E-state index in [9.17, 15) is 9.59 Å². The van der Waals surface area contributed by atoms with E-state index in [-0.39, 0.29) is 30.2 Å². The van der Waals surface area contributed by atoms with E-state index in [1.165, 1.54) is 0 Å². The molecule has 0 aliphatic carbocycles. The first-order chi connectivity index (χ1) is 13.5. The second-order valence-corrected chi connectivity index (χ2v) is 7.03. The number of hydrogen-bond donors (Lipinski definition) is 1. The van der Waals surface area contributed by atoms with Crippen LogP contribution in [0.2, 0.25) is 5.02 Å². The highest BCUT2D eigenvalue weighted by Gasteiger charge is 2.35. The van der Waals surface area contributed by atoms with Crippen molar-refractivity contribution in [3.05, 3.63) is 70.6 Å². The number of halogens is 1. The predicted molar refractivity (Wildman–Crippen MR) is 105 cm³/mol. The molecule has 0 radical (unpaired) electrons. The van der Waals surface area contributed by atoms with Gasteiger partial charge < -0.3 is 9.32 Å². The lowest BCUT2D eigenvalue weighted by Crippen LogP contribution is -2.24. The summed E-state index contributed by atoms with van der Waals surface area (Å²) >= 11 is 5.91. The highest BCUT2D eigenvalue weighted by Crippen LogP contribution is 2.32. The summed E-state index contributed by atoms with van der Waals surface area (Å²) in [7, 11) is 0. The Labute approximate surface area is 166 Å². The number of nitrogens with zero attached hydrogens (tertiary/aromatic N) is 3. The number of carbonyl (C=O) groups is 2. The van der Waals surface area contributed by atoms with Crippen LogP contribution in [0.4, 0.5) is 11.7 Å². The lowest BCUT2D eigenvalue weighted by Gasteiger charge is -2.16. The van der Waals surface area contributed by atoms with Gasteiger partial charge >= 0.3 is 6.01 Å². The summed E-state index contributed by atoms with van der Waals surface area (Å²) in [6, 6.07) is 14.3. The van der Waals surface area contributed by atoms with Crippen LogP contribution in [0.3, 0.4) is 0 Å². The Morgan fingerprint density at radius 3 is 2.68 bits per heavy atom. The van der Waals surface area contributed by atoms with Gasteiger partial charge in [0.15, 0.2) is 0 Å². The van der Waals surface area contributed by atoms with Crippen molar-refractivity contribution in [2.45, 2.75) is 19.3 Å². The first-order valence-corrected chi connectivity index (χ1v) is 9.15. The van der Waals surface area contributed by atoms with Gasteiger partial charge in [0, 0.05) is 29.2 Å². The van der Waals surface area contributed by atoms with Crippen LogP contribution >= 0.6 is 11.6 Å². The zero-order valence-corrected chi connectivity index (χ0v) is 15.8. The van der Waals surface area contributed by atoms with Gasteiger partial charge in [-0.05, 0) is 42.8 Å². The highest BCUT2D eigenvalue weighted by atomic mass is 35.5. The van der Waals surface area contributed by atoms with Crippen molar-refractivity contribution in [1.29, 1.82) is 0 Å². The van der Waals surface area contributed by atoms with Gasteiger partial charge in [0.05, 0.1) is 5.92 Å². The van der Waals surface area contributed by atoms with Crippen molar-refractivity contribution in [2.75, 3.05) is 16.8 Å². The molecule has 1 unspecified atom stereocenters. The number of rotatable bonds is 4. The molecule has 1 atom stereocenters. The summed E-state index contributed by atoms with van der Waals surface area (Å²) in [5.74, 6) is -0.265. The van der Waals surface area contributed by atoms with Crippen LogP contribution in [0.25, 0.3) is 0 Å². The summed E-state index contributed by atoms with van der Waals surface area (Å²) in [6.45, 7) is 2.28. The molecule has 1 aromatic heterocycles. The molecule has 2 aromatic carbocycles. The Kier molecular flexibility index (Phi) is 4.83. The minimum Gasteiger partial charge on any atom is -0.407 e. The van der Waals surface area contributed by atoms with Crippen molar-refractivity contribution >= 4 is 35.1 Å². The molecule has 2 heterocycles. The monoisotopic (exact) mass is 396 g/mol. The quantitative estimate of drug-likeness (QED) is 0.724. The van der Waals surface area contributed by atoms with E-state index in [0.29, 0.717) is 23.0 Å². The summed E-state index contributed by atoms with van der Waals surface area (Å²) in [5.41, 5.74) is 2.15. The lowest BCUT2D eigenvalue weighted by atomic mass is 10.1. The molecule has 0 saturated carbocycles. The van der Waals surface area contributed by atoms with E-state index in [1.54, 1.807) is 41.3 Å². The van der Waals surface area contributed by atoms with E-state index in [0.717, 1.165) is 11.3 Å². The molecule has 1 N–H and O–H groups in total. The van der Waals surface area contributed by atoms with Gasteiger partial charge in [-0.25, -0.2) is 0 Å². The molecule has 0 bridgehead atoms. The van der Waals surface area contributed by atoms with Crippen LogP contribution in [0.15, 0.2) is 52.9 Å². The van der Waals surface area contributed by atoms with Gasteiger partial charge in [0.1, 0.15) is 0 Å². The zero-order chi connectivity index (χ0) is 19.7. The van der Waals surface area contributed by atoms with Crippen molar-refractivity contribution in [3.63, 3.8) is 0 Å². The van der Waals surface area contributed by atoms with Crippen molar-refractivity contribution in [1.82, 2.24) is 10.2 Å². The minimum absolute atomic E-state index is 0.0145. The predicted octanol–water partition coefficient (Wildman–Crippen LogP) is 3.80. The Balaban J connectivity index is 1.46. The molecular formula is C20H17ClN4O3. The van der Waals surface area contributed by atoms with E-state index < -0.39 is 0 Å². The molecule has 1 fully saturated rings. The Bertz CT molecular complexity index is 1030. The van der Waals surface area contributed by atoms with Crippen molar-refractivity contribution < 1.29 is 14.0 Å². The average Bonchev–Trinajstić information content (AvgIpc) is 3.29. The number of hydrogen-bond acceptors (Lipinski definition) is 5. The van der Waals surface area contributed by atoms with Crippen molar-refractivity contribution in [2.24, 2.45) is 0 Å². The van der Waals surface area contributed by atoms with E-state index >= 15 is 0 Å². The molecule has 8 heteroatoms. The number of nitrogens with one attached hydrogen (secondary N) is 1. The molecule has 1 saturated heterocycles. The number of aromatic nitrogens is 2. The molecule has 4 rings (SSSR count). The second-order valence-electron chi connectivity index (χ2n) is 6.60. The molecule has 1 aliphatic heterocycles. The van der Waals surface area contributed by atoms with Gasteiger partial charge in [-0.15, -0.1) is 5.10 Å². The van der Waals surface area contributed by atoms with Crippen LogP contribution in [0.1, 0.15) is 34.2 Å². The fraction of sp³-hybridized carbons (Fsp3) is 0.200. The first-order valence-electron chi connectivity index (χ1n) is 8.77. The van der Waals surface area contributed by atoms with Gasteiger partial charge in [-0.1, -0.05) is 34.9 Å². The zero-order valence-electron chi connectivity index (χ0n) is 15.1. The number of aryl methyl sites for hydroxylation is 1. The fourth-order valence-electron chi connectivity index (χ4n) is 3.19. The van der Waals surface area contributed by atoms with Gasteiger partial charge in [-0.3, -0.25) is 14.9 Å². The standard InChI is InChI=1S/C20H17ClN4O3/c1-12-4-2-3-5-16(12)18(27)22-20-24-23-19(28-20)13-10-17(26)25(11-13)15-8-6-14(21)7-9-15/h2-9,13H,10-11H2,1H3,(H,22,24,27). The number of anilines is 2. The summed E-state index contributed by atoms with van der Waals surface area (Å²) < 4.78 is 5.60. The molecule has 0 spiro atoms. The lowest BCUT2D eigenvalue weighted by molar-refractivity contribution is -0.117. The molecule has 28 heavy (non-hydrogen) atoms. The Hall–Kier alpha value is -3.19. The number of carbonyl (C=O) groups excluding carboxylic acids is 2. The third kappa shape index (κ3) is 3.61. The third-order valence-electron chi connectivity index (χ3n) is 4.66.